The van der Waals surface area contributed by atoms with Gasteiger partial charge in [-0.2, -0.15) is 0 Å². The molecule has 0 aliphatic carbocycles. The van der Waals surface area contributed by atoms with E-state index < -0.39 is 0 Å². The molecule has 0 saturated heterocycles. The summed E-state index contributed by atoms with van der Waals surface area (Å²) in [6, 6.07) is 7.97. The molecule has 19 heavy (non-hydrogen) atoms. The number of aliphatic hydroxyl groups excluding tert-OH is 1. The largest absolute Gasteiger partial charge is 0.460 e. The summed E-state index contributed by atoms with van der Waals surface area (Å²) < 4.78 is 10.4. The lowest BCUT2D eigenvalue weighted by Gasteiger charge is -2.11. The maximum Gasteiger partial charge on any atom is 0.230 e. The molecule has 0 heterocycles. The number of hydrogen-bond acceptors (Lipinski definition) is 3. The predicted octanol–water partition coefficient (Wildman–Crippen LogP) is 4.33. The molecule has 0 aromatic heterocycles. The predicted molar refractivity (Wildman–Crippen MR) is 81.4 cm³/mol. The van der Waals surface area contributed by atoms with Crippen molar-refractivity contribution in [3.05, 3.63) is 42.2 Å². The SMILES string of the molecule is C.C.C=C(CO)OCOc1ccc(C(C)CC)cc1. The number of benzene rings is 1. The Bertz CT molecular complexity index is 344. The van der Waals surface area contributed by atoms with Crippen molar-refractivity contribution >= 4 is 0 Å². The molecule has 1 rings (SSSR count). The van der Waals surface area contributed by atoms with Crippen molar-refractivity contribution in [3.63, 3.8) is 0 Å². The van der Waals surface area contributed by atoms with Crippen LogP contribution in [0.5, 0.6) is 5.75 Å². The van der Waals surface area contributed by atoms with Gasteiger partial charge in [-0.3, -0.25) is 0 Å². The first-order chi connectivity index (χ1) is 8.17. The highest BCUT2D eigenvalue weighted by molar-refractivity contribution is 5.29. The Morgan fingerprint density at radius 1 is 1.26 bits per heavy atom. The molecule has 0 fully saturated rings. The van der Waals surface area contributed by atoms with E-state index in [0.717, 1.165) is 12.2 Å². The second kappa shape index (κ2) is 10.4. The minimum atomic E-state index is -0.184. The Kier molecular flexibility index (Phi) is 10.9. The van der Waals surface area contributed by atoms with Gasteiger partial charge >= 0.3 is 0 Å². The van der Waals surface area contributed by atoms with Crippen molar-refractivity contribution in [2.75, 3.05) is 13.4 Å². The third-order valence-electron chi connectivity index (χ3n) is 2.73. The van der Waals surface area contributed by atoms with Crippen molar-refractivity contribution in [2.24, 2.45) is 0 Å². The second-order valence-corrected chi connectivity index (χ2v) is 3.98. The molecule has 0 aliphatic rings. The fourth-order valence-corrected chi connectivity index (χ4v) is 1.35. The van der Waals surface area contributed by atoms with E-state index in [9.17, 15) is 0 Å². The zero-order valence-electron chi connectivity index (χ0n) is 10.5. The molecule has 1 atom stereocenters. The van der Waals surface area contributed by atoms with E-state index in [1.54, 1.807) is 0 Å². The Morgan fingerprint density at radius 2 is 1.84 bits per heavy atom. The Morgan fingerprint density at radius 3 is 2.32 bits per heavy atom. The van der Waals surface area contributed by atoms with Crippen LogP contribution < -0.4 is 4.74 Å². The van der Waals surface area contributed by atoms with Crippen LogP contribution in [-0.4, -0.2) is 18.5 Å². The van der Waals surface area contributed by atoms with Crippen LogP contribution >= 0.6 is 0 Å². The van der Waals surface area contributed by atoms with Crippen LogP contribution in [0.25, 0.3) is 0 Å². The van der Waals surface area contributed by atoms with Gasteiger partial charge in [0.15, 0.2) is 0 Å². The first-order valence-electron chi connectivity index (χ1n) is 5.81. The molecule has 110 valence electrons. The third-order valence-corrected chi connectivity index (χ3v) is 2.73. The van der Waals surface area contributed by atoms with Gasteiger partial charge in [-0.1, -0.05) is 47.4 Å². The van der Waals surface area contributed by atoms with Crippen molar-refractivity contribution in [3.8, 4) is 5.75 Å². The van der Waals surface area contributed by atoms with E-state index in [4.69, 9.17) is 14.6 Å². The molecule has 0 radical (unpaired) electrons. The maximum atomic E-state index is 8.68. The average molecular weight is 268 g/mol. The van der Waals surface area contributed by atoms with Crippen LogP contribution in [0.15, 0.2) is 36.6 Å². The monoisotopic (exact) mass is 268 g/mol. The van der Waals surface area contributed by atoms with Crippen molar-refractivity contribution in [1.29, 1.82) is 0 Å². The van der Waals surface area contributed by atoms with E-state index >= 15 is 0 Å². The van der Waals surface area contributed by atoms with E-state index in [1.807, 2.05) is 12.1 Å². The van der Waals surface area contributed by atoms with Gasteiger partial charge in [0, 0.05) is 0 Å². The Labute approximate surface area is 117 Å². The first-order valence-corrected chi connectivity index (χ1v) is 5.81. The summed E-state index contributed by atoms with van der Waals surface area (Å²) in [6.07, 6.45) is 1.12. The highest BCUT2D eigenvalue weighted by Gasteiger charge is 2.02. The van der Waals surface area contributed by atoms with E-state index in [0.29, 0.717) is 11.7 Å². The molecule has 1 N–H and O–H groups in total. The lowest BCUT2D eigenvalue weighted by atomic mass is 9.99. The lowest BCUT2D eigenvalue weighted by molar-refractivity contribution is 0.0458. The standard InChI is InChI=1S/C14H20O3.2CH4/c1-4-11(2)13-5-7-14(8-6-13)17-10-16-12(3)9-15;;/h5-8,11,15H,3-4,9-10H2,1-2H3;2*1H4. The van der Waals surface area contributed by atoms with Gasteiger partial charge < -0.3 is 14.6 Å². The third kappa shape index (κ3) is 6.87. The molecule has 0 aliphatic heterocycles. The minimum Gasteiger partial charge on any atom is -0.460 e. The van der Waals surface area contributed by atoms with Gasteiger partial charge in [0.05, 0.1) is 6.61 Å². The summed E-state index contributed by atoms with van der Waals surface area (Å²) in [4.78, 5) is 0. The average Bonchev–Trinajstić information content (AvgIpc) is 2.38. The molecule has 0 saturated carbocycles. The molecule has 0 bridgehead atoms. The van der Waals surface area contributed by atoms with Crippen molar-refractivity contribution < 1.29 is 14.6 Å². The summed E-state index contributed by atoms with van der Waals surface area (Å²) in [6.45, 7) is 7.76. The molecule has 1 aromatic rings. The van der Waals surface area contributed by atoms with Crippen LogP contribution in [0, 0.1) is 0 Å². The fraction of sp³-hybridized carbons (Fsp3) is 0.500. The Balaban J connectivity index is 0. The van der Waals surface area contributed by atoms with Gasteiger partial charge in [0.25, 0.3) is 0 Å². The van der Waals surface area contributed by atoms with E-state index in [1.165, 1.54) is 5.56 Å². The first kappa shape index (κ1) is 19.9. The highest BCUT2D eigenvalue weighted by atomic mass is 16.7. The lowest BCUT2D eigenvalue weighted by Crippen LogP contribution is -2.04. The van der Waals surface area contributed by atoms with Gasteiger partial charge in [-0.05, 0) is 30.0 Å². The molecule has 1 aromatic carbocycles. The minimum absolute atomic E-state index is 0. The quantitative estimate of drug-likeness (QED) is 0.591. The molecule has 0 spiro atoms. The fourth-order valence-electron chi connectivity index (χ4n) is 1.35. The smallest absolute Gasteiger partial charge is 0.230 e. The van der Waals surface area contributed by atoms with Gasteiger partial charge in [-0.25, -0.2) is 0 Å². The van der Waals surface area contributed by atoms with Crippen molar-refractivity contribution in [1.82, 2.24) is 0 Å². The zero-order valence-corrected chi connectivity index (χ0v) is 10.5. The summed E-state index contributed by atoms with van der Waals surface area (Å²) in [5.41, 5.74) is 1.31. The summed E-state index contributed by atoms with van der Waals surface area (Å²) in [7, 11) is 0. The summed E-state index contributed by atoms with van der Waals surface area (Å²) >= 11 is 0. The molecular formula is C16H28O3. The topological polar surface area (TPSA) is 38.7 Å². The van der Waals surface area contributed by atoms with Crippen LogP contribution in [0.3, 0.4) is 0 Å². The van der Waals surface area contributed by atoms with Gasteiger partial charge in [-0.15, -0.1) is 0 Å². The second-order valence-electron chi connectivity index (χ2n) is 3.98. The number of ether oxygens (including phenoxy) is 2. The number of hydrogen-bond donors (Lipinski definition) is 1. The molecule has 3 heteroatoms. The zero-order chi connectivity index (χ0) is 12.7. The summed E-state index contributed by atoms with van der Waals surface area (Å²) in [5.74, 6) is 1.62. The normalized spacial score (nSPS) is 10.7. The van der Waals surface area contributed by atoms with Gasteiger partial charge in [0.2, 0.25) is 6.79 Å². The molecule has 0 amide bonds. The molecular weight excluding hydrogens is 240 g/mol. The van der Waals surface area contributed by atoms with Crippen LogP contribution in [-0.2, 0) is 4.74 Å². The van der Waals surface area contributed by atoms with Crippen molar-refractivity contribution in [2.45, 2.75) is 41.0 Å². The van der Waals surface area contributed by atoms with E-state index in [-0.39, 0.29) is 28.3 Å². The van der Waals surface area contributed by atoms with Crippen LogP contribution in [0.4, 0.5) is 0 Å². The number of rotatable bonds is 7. The Hall–Kier alpha value is -1.48. The maximum absolute atomic E-state index is 8.68. The molecule has 1 unspecified atom stereocenters. The number of aliphatic hydroxyl groups is 1. The molecule has 3 nitrogen and oxygen atoms in total. The van der Waals surface area contributed by atoms with Crippen LogP contribution in [0.1, 0.15) is 46.6 Å². The van der Waals surface area contributed by atoms with E-state index in [2.05, 4.69) is 32.6 Å². The highest BCUT2D eigenvalue weighted by Crippen LogP contribution is 2.21. The van der Waals surface area contributed by atoms with Crippen LogP contribution in [0.2, 0.25) is 0 Å². The summed E-state index contributed by atoms with van der Waals surface area (Å²) in [5, 5.41) is 8.68. The van der Waals surface area contributed by atoms with Gasteiger partial charge in [0.1, 0.15) is 11.5 Å².